The summed E-state index contributed by atoms with van der Waals surface area (Å²) in [6.07, 6.45) is 2.08. The smallest absolute Gasteiger partial charge is 0.127 e. The van der Waals surface area contributed by atoms with Crippen molar-refractivity contribution in [3.05, 3.63) is 35.6 Å². The highest BCUT2D eigenvalue weighted by atomic mass is 19.1. The van der Waals surface area contributed by atoms with Crippen LogP contribution in [0.15, 0.2) is 24.3 Å². The van der Waals surface area contributed by atoms with E-state index in [0.717, 1.165) is 38.2 Å². The molecule has 0 bridgehead atoms. The van der Waals surface area contributed by atoms with Crippen LogP contribution in [-0.4, -0.2) is 31.1 Å². The van der Waals surface area contributed by atoms with E-state index in [1.165, 1.54) is 12.5 Å². The van der Waals surface area contributed by atoms with Gasteiger partial charge in [-0.1, -0.05) is 39.0 Å². The van der Waals surface area contributed by atoms with Crippen LogP contribution in [0.1, 0.15) is 45.2 Å². The van der Waals surface area contributed by atoms with E-state index < -0.39 is 0 Å². The molecular formula is C16H27FN2. The molecule has 0 aliphatic carbocycles. The van der Waals surface area contributed by atoms with Crippen molar-refractivity contribution in [2.24, 2.45) is 0 Å². The lowest BCUT2D eigenvalue weighted by Gasteiger charge is -2.23. The van der Waals surface area contributed by atoms with Gasteiger partial charge in [0.2, 0.25) is 0 Å². The first-order chi connectivity index (χ1) is 9.22. The Morgan fingerprint density at radius 3 is 2.47 bits per heavy atom. The van der Waals surface area contributed by atoms with Crippen molar-refractivity contribution in [3.63, 3.8) is 0 Å². The second-order valence-corrected chi connectivity index (χ2v) is 4.87. The Hall–Kier alpha value is -0.930. The molecule has 2 nitrogen and oxygen atoms in total. The van der Waals surface area contributed by atoms with Gasteiger partial charge in [0.15, 0.2) is 0 Å². The summed E-state index contributed by atoms with van der Waals surface area (Å²) in [7, 11) is 0. The van der Waals surface area contributed by atoms with Gasteiger partial charge >= 0.3 is 0 Å². The first-order valence-corrected chi connectivity index (χ1v) is 7.43. The molecule has 0 aliphatic heterocycles. The zero-order valence-corrected chi connectivity index (χ0v) is 12.5. The zero-order valence-electron chi connectivity index (χ0n) is 12.5. The first-order valence-electron chi connectivity index (χ1n) is 7.43. The normalized spacial score (nSPS) is 12.9. The minimum Gasteiger partial charge on any atom is -0.309 e. The lowest BCUT2D eigenvalue weighted by atomic mass is 10.0. The van der Waals surface area contributed by atoms with E-state index in [2.05, 4.69) is 31.0 Å². The number of nitrogens with one attached hydrogen (secondary N) is 1. The Labute approximate surface area is 117 Å². The molecule has 108 valence electrons. The lowest BCUT2D eigenvalue weighted by Crippen LogP contribution is -2.34. The van der Waals surface area contributed by atoms with Crippen molar-refractivity contribution < 1.29 is 4.39 Å². The van der Waals surface area contributed by atoms with Crippen LogP contribution in [-0.2, 0) is 0 Å². The molecule has 19 heavy (non-hydrogen) atoms. The Balaban J connectivity index is 2.47. The topological polar surface area (TPSA) is 15.3 Å². The molecular weight excluding hydrogens is 239 g/mol. The van der Waals surface area contributed by atoms with E-state index in [0.29, 0.717) is 0 Å². The Morgan fingerprint density at radius 2 is 1.89 bits per heavy atom. The average Bonchev–Trinajstić information content (AvgIpc) is 2.43. The number of likely N-dealkylation sites (N-methyl/N-ethyl adjacent to an activating group) is 1. The van der Waals surface area contributed by atoms with Crippen LogP contribution in [0.25, 0.3) is 0 Å². The molecule has 1 unspecified atom stereocenters. The van der Waals surface area contributed by atoms with Gasteiger partial charge in [0.25, 0.3) is 0 Å². The summed E-state index contributed by atoms with van der Waals surface area (Å²) < 4.78 is 13.7. The van der Waals surface area contributed by atoms with Gasteiger partial charge < -0.3 is 10.2 Å². The average molecular weight is 266 g/mol. The van der Waals surface area contributed by atoms with E-state index in [4.69, 9.17) is 0 Å². The molecule has 0 saturated carbocycles. The maximum Gasteiger partial charge on any atom is 0.127 e. The number of hydrogen-bond acceptors (Lipinski definition) is 2. The summed E-state index contributed by atoms with van der Waals surface area (Å²) in [5.41, 5.74) is 0.781. The summed E-state index contributed by atoms with van der Waals surface area (Å²) in [6.45, 7) is 10.6. The van der Waals surface area contributed by atoms with Gasteiger partial charge in [-0.15, -0.1) is 0 Å². The molecule has 1 rings (SSSR count). The van der Waals surface area contributed by atoms with Crippen molar-refractivity contribution in [2.45, 2.75) is 39.7 Å². The van der Waals surface area contributed by atoms with Gasteiger partial charge in [-0.3, -0.25) is 0 Å². The fourth-order valence-corrected chi connectivity index (χ4v) is 2.37. The summed E-state index contributed by atoms with van der Waals surface area (Å²) in [5, 5.41) is 3.47. The largest absolute Gasteiger partial charge is 0.309 e. The van der Waals surface area contributed by atoms with E-state index in [1.54, 1.807) is 6.07 Å². The Morgan fingerprint density at radius 1 is 1.16 bits per heavy atom. The van der Waals surface area contributed by atoms with Crippen LogP contribution < -0.4 is 5.32 Å². The highest BCUT2D eigenvalue weighted by molar-refractivity contribution is 5.21. The molecule has 1 aromatic carbocycles. The summed E-state index contributed by atoms with van der Waals surface area (Å²) in [5.74, 6) is -0.109. The van der Waals surface area contributed by atoms with Crippen LogP contribution in [0.3, 0.4) is 0 Å². The van der Waals surface area contributed by atoms with E-state index >= 15 is 0 Å². The van der Waals surface area contributed by atoms with Crippen molar-refractivity contribution in [3.8, 4) is 0 Å². The molecule has 1 N–H and O–H groups in total. The molecule has 0 heterocycles. The van der Waals surface area contributed by atoms with Gasteiger partial charge in [0, 0.05) is 24.7 Å². The standard InChI is InChI=1S/C16H27FN2/c1-4-12-19(6-3)13-11-18-16(5-2)14-9-7-8-10-15(14)17/h7-10,16,18H,4-6,11-13H2,1-3H3. The highest BCUT2D eigenvalue weighted by Gasteiger charge is 2.12. The number of hydrogen-bond donors (Lipinski definition) is 1. The zero-order chi connectivity index (χ0) is 14.1. The van der Waals surface area contributed by atoms with Gasteiger partial charge in [-0.05, 0) is 32.0 Å². The van der Waals surface area contributed by atoms with Gasteiger partial charge in [-0.25, -0.2) is 4.39 Å². The summed E-state index contributed by atoms with van der Waals surface area (Å²) in [4.78, 5) is 2.42. The molecule has 0 saturated heterocycles. The maximum absolute atomic E-state index is 13.7. The van der Waals surface area contributed by atoms with E-state index in [9.17, 15) is 4.39 Å². The molecule has 1 atom stereocenters. The number of rotatable bonds is 9. The monoisotopic (exact) mass is 266 g/mol. The minimum atomic E-state index is -0.109. The second kappa shape index (κ2) is 9.05. The third-order valence-corrected chi connectivity index (χ3v) is 3.49. The van der Waals surface area contributed by atoms with Crippen LogP contribution >= 0.6 is 0 Å². The Kier molecular flexibility index (Phi) is 7.68. The fraction of sp³-hybridized carbons (Fsp3) is 0.625. The minimum absolute atomic E-state index is 0.109. The highest BCUT2D eigenvalue weighted by Crippen LogP contribution is 2.19. The van der Waals surface area contributed by atoms with Crippen LogP contribution in [0.4, 0.5) is 4.39 Å². The third kappa shape index (κ3) is 5.29. The lowest BCUT2D eigenvalue weighted by molar-refractivity contribution is 0.281. The van der Waals surface area contributed by atoms with Crippen LogP contribution in [0.2, 0.25) is 0 Å². The summed E-state index contributed by atoms with van der Waals surface area (Å²) >= 11 is 0. The quantitative estimate of drug-likeness (QED) is 0.734. The molecule has 0 spiro atoms. The van der Waals surface area contributed by atoms with Crippen LogP contribution in [0.5, 0.6) is 0 Å². The molecule has 0 radical (unpaired) electrons. The molecule has 0 amide bonds. The molecule has 0 aromatic heterocycles. The van der Waals surface area contributed by atoms with Crippen molar-refractivity contribution in [1.82, 2.24) is 10.2 Å². The molecule has 0 fully saturated rings. The number of nitrogens with zero attached hydrogens (tertiary/aromatic N) is 1. The van der Waals surface area contributed by atoms with Crippen molar-refractivity contribution in [2.75, 3.05) is 26.2 Å². The van der Waals surface area contributed by atoms with Gasteiger partial charge in [-0.2, -0.15) is 0 Å². The third-order valence-electron chi connectivity index (χ3n) is 3.49. The fourth-order valence-electron chi connectivity index (χ4n) is 2.37. The maximum atomic E-state index is 13.7. The molecule has 3 heteroatoms. The first kappa shape index (κ1) is 16.1. The van der Waals surface area contributed by atoms with Gasteiger partial charge in [0.05, 0.1) is 0 Å². The van der Waals surface area contributed by atoms with E-state index in [-0.39, 0.29) is 11.9 Å². The van der Waals surface area contributed by atoms with Crippen molar-refractivity contribution in [1.29, 1.82) is 0 Å². The second-order valence-electron chi connectivity index (χ2n) is 4.87. The predicted octanol–water partition coefficient (Wildman–Crippen LogP) is 3.60. The van der Waals surface area contributed by atoms with E-state index in [1.807, 2.05) is 12.1 Å². The van der Waals surface area contributed by atoms with Crippen molar-refractivity contribution >= 4 is 0 Å². The molecule has 1 aromatic rings. The summed E-state index contributed by atoms with van der Waals surface area (Å²) in [6, 6.07) is 7.17. The predicted molar refractivity (Wildman–Crippen MR) is 79.8 cm³/mol. The SMILES string of the molecule is CCCN(CC)CCNC(CC)c1ccccc1F. The van der Waals surface area contributed by atoms with Gasteiger partial charge in [0.1, 0.15) is 5.82 Å². The number of halogens is 1. The molecule has 0 aliphatic rings. The van der Waals surface area contributed by atoms with Crippen LogP contribution in [0, 0.1) is 5.82 Å². The number of benzene rings is 1. The Bertz CT molecular complexity index is 354.